The summed E-state index contributed by atoms with van der Waals surface area (Å²) in [5.41, 5.74) is 1.28. The topological polar surface area (TPSA) is 30.5 Å². The van der Waals surface area contributed by atoms with E-state index in [-0.39, 0.29) is 5.54 Å². The summed E-state index contributed by atoms with van der Waals surface area (Å²) >= 11 is 6.34. The third-order valence-corrected chi connectivity index (χ3v) is 3.61. The van der Waals surface area contributed by atoms with Gasteiger partial charge in [-0.15, -0.1) is 0 Å². The molecule has 0 aliphatic rings. The van der Waals surface area contributed by atoms with Crippen molar-refractivity contribution in [1.29, 1.82) is 0 Å². The third kappa shape index (κ3) is 7.82. The lowest BCUT2D eigenvalue weighted by Crippen LogP contribution is -2.38. The number of hydrogen-bond donors (Lipinski definition) is 1. The standard InChI is InChI=1S/C17H28ClNO2/c1-17(2,3)19-13-14(9-10-21-12-11-20-4)15-7-5-6-8-16(15)18/h5-8,14,19H,9-13H2,1-4H3. The Balaban J connectivity index is 2.60. The minimum absolute atomic E-state index is 0.0937. The van der Waals surface area contributed by atoms with Crippen molar-refractivity contribution in [1.82, 2.24) is 5.32 Å². The van der Waals surface area contributed by atoms with E-state index in [0.717, 1.165) is 18.0 Å². The van der Waals surface area contributed by atoms with E-state index in [0.29, 0.717) is 25.7 Å². The molecule has 21 heavy (non-hydrogen) atoms. The molecule has 0 bridgehead atoms. The molecule has 1 unspecified atom stereocenters. The fraction of sp³-hybridized carbons (Fsp3) is 0.647. The predicted octanol–water partition coefficient (Wildman–Crippen LogP) is 3.86. The summed E-state index contributed by atoms with van der Waals surface area (Å²) in [7, 11) is 1.68. The number of rotatable bonds is 9. The number of nitrogens with one attached hydrogen (secondary N) is 1. The predicted molar refractivity (Wildman–Crippen MR) is 89.3 cm³/mol. The van der Waals surface area contributed by atoms with E-state index in [1.165, 1.54) is 5.56 Å². The molecule has 1 rings (SSSR count). The molecule has 0 fully saturated rings. The summed E-state index contributed by atoms with van der Waals surface area (Å²) < 4.78 is 10.6. The summed E-state index contributed by atoms with van der Waals surface area (Å²) in [5, 5.41) is 4.39. The average Bonchev–Trinajstić information content (AvgIpc) is 2.42. The van der Waals surface area contributed by atoms with E-state index >= 15 is 0 Å². The highest BCUT2D eigenvalue weighted by atomic mass is 35.5. The quantitative estimate of drug-likeness (QED) is 0.702. The second-order valence-electron chi connectivity index (χ2n) is 6.24. The largest absolute Gasteiger partial charge is 0.382 e. The number of benzene rings is 1. The first-order valence-electron chi connectivity index (χ1n) is 7.50. The first-order valence-corrected chi connectivity index (χ1v) is 7.88. The van der Waals surface area contributed by atoms with E-state index in [1.54, 1.807) is 7.11 Å². The highest BCUT2D eigenvalue weighted by Gasteiger charge is 2.17. The van der Waals surface area contributed by atoms with Crippen LogP contribution in [0.4, 0.5) is 0 Å². The molecule has 0 saturated heterocycles. The monoisotopic (exact) mass is 313 g/mol. The summed E-state index contributed by atoms with van der Waals surface area (Å²) in [6, 6.07) is 8.06. The Hall–Kier alpha value is -0.610. The van der Waals surface area contributed by atoms with Gasteiger partial charge in [0.25, 0.3) is 0 Å². The fourth-order valence-corrected chi connectivity index (χ4v) is 2.36. The Bertz CT molecular complexity index is 404. The molecule has 1 aromatic rings. The van der Waals surface area contributed by atoms with Crippen LogP contribution in [0.5, 0.6) is 0 Å². The van der Waals surface area contributed by atoms with Gasteiger partial charge in [-0.2, -0.15) is 0 Å². The smallest absolute Gasteiger partial charge is 0.0700 e. The molecule has 1 atom stereocenters. The van der Waals surface area contributed by atoms with E-state index < -0.39 is 0 Å². The highest BCUT2D eigenvalue weighted by molar-refractivity contribution is 6.31. The Kier molecular flexibility index (Phi) is 8.27. The minimum Gasteiger partial charge on any atom is -0.382 e. The SMILES string of the molecule is COCCOCCC(CNC(C)(C)C)c1ccccc1Cl. The molecule has 0 spiro atoms. The summed E-state index contributed by atoms with van der Waals surface area (Å²) in [6.07, 6.45) is 0.941. The maximum Gasteiger partial charge on any atom is 0.0700 e. The first-order chi connectivity index (χ1) is 9.94. The van der Waals surface area contributed by atoms with Gasteiger partial charge in [-0.3, -0.25) is 0 Å². The van der Waals surface area contributed by atoms with Crippen molar-refractivity contribution in [2.24, 2.45) is 0 Å². The molecule has 0 aromatic heterocycles. The molecule has 120 valence electrons. The van der Waals surface area contributed by atoms with Crippen molar-refractivity contribution < 1.29 is 9.47 Å². The van der Waals surface area contributed by atoms with Crippen molar-refractivity contribution in [3.63, 3.8) is 0 Å². The molecule has 4 heteroatoms. The summed E-state index contributed by atoms with van der Waals surface area (Å²) in [6.45, 7) is 9.39. The maximum atomic E-state index is 6.34. The molecule has 0 saturated carbocycles. The van der Waals surface area contributed by atoms with Crippen LogP contribution in [0.25, 0.3) is 0 Å². The summed E-state index contributed by atoms with van der Waals surface area (Å²) in [4.78, 5) is 0. The van der Waals surface area contributed by atoms with Crippen LogP contribution in [0.3, 0.4) is 0 Å². The fourth-order valence-electron chi connectivity index (χ4n) is 2.07. The molecule has 0 amide bonds. The van der Waals surface area contributed by atoms with Gasteiger partial charge in [0.15, 0.2) is 0 Å². The van der Waals surface area contributed by atoms with Gasteiger partial charge in [0.2, 0.25) is 0 Å². The van der Waals surface area contributed by atoms with E-state index in [1.807, 2.05) is 18.2 Å². The van der Waals surface area contributed by atoms with E-state index in [9.17, 15) is 0 Å². The lowest BCUT2D eigenvalue weighted by atomic mass is 9.94. The van der Waals surface area contributed by atoms with Gasteiger partial charge in [-0.25, -0.2) is 0 Å². The van der Waals surface area contributed by atoms with Crippen molar-refractivity contribution >= 4 is 11.6 Å². The lowest BCUT2D eigenvalue weighted by Gasteiger charge is -2.26. The third-order valence-electron chi connectivity index (χ3n) is 3.27. The van der Waals surface area contributed by atoms with E-state index in [2.05, 4.69) is 32.2 Å². The molecule has 0 radical (unpaired) electrons. The van der Waals surface area contributed by atoms with Gasteiger partial charge in [-0.1, -0.05) is 29.8 Å². The van der Waals surface area contributed by atoms with Crippen molar-refractivity contribution in [3.8, 4) is 0 Å². The molecule has 1 N–H and O–H groups in total. The van der Waals surface area contributed by atoms with Crippen molar-refractivity contribution in [2.45, 2.75) is 38.6 Å². The van der Waals surface area contributed by atoms with Crippen LogP contribution >= 0.6 is 11.6 Å². The van der Waals surface area contributed by atoms with Gasteiger partial charge >= 0.3 is 0 Å². The molecule has 3 nitrogen and oxygen atoms in total. The number of hydrogen-bond acceptors (Lipinski definition) is 3. The van der Waals surface area contributed by atoms with Gasteiger partial charge in [0, 0.05) is 36.7 Å². The van der Waals surface area contributed by atoms with Crippen LogP contribution in [0.2, 0.25) is 5.02 Å². The number of methoxy groups -OCH3 is 1. The molecule has 0 heterocycles. The highest BCUT2D eigenvalue weighted by Crippen LogP contribution is 2.27. The van der Waals surface area contributed by atoms with Gasteiger partial charge in [0.1, 0.15) is 0 Å². The van der Waals surface area contributed by atoms with Crippen LogP contribution < -0.4 is 5.32 Å². The van der Waals surface area contributed by atoms with Gasteiger partial charge in [0.05, 0.1) is 13.2 Å². The molecule has 0 aliphatic carbocycles. The Labute approximate surface area is 134 Å². The second-order valence-corrected chi connectivity index (χ2v) is 6.65. The molecular weight excluding hydrogens is 286 g/mol. The van der Waals surface area contributed by atoms with Gasteiger partial charge < -0.3 is 14.8 Å². The maximum absolute atomic E-state index is 6.34. The number of halogens is 1. The Morgan fingerprint density at radius 3 is 2.48 bits per heavy atom. The van der Waals surface area contributed by atoms with Crippen molar-refractivity contribution in [3.05, 3.63) is 34.9 Å². The zero-order valence-electron chi connectivity index (χ0n) is 13.6. The first kappa shape index (κ1) is 18.4. The zero-order valence-corrected chi connectivity index (χ0v) is 14.4. The van der Waals surface area contributed by atoms with Crippen molar-refractivity contribution in [2.75, 3.05) is 33.5 Å². The normalized spacial score (nSPS) is 13.4. The van der Waals surface area contributed by atoms with Crippen LogP contribution in [0.15, 0.2) is 24.3 Å². The Morgan fingerprint density at radius 1 is 1.14 bits per heavy atom. The van der Waals surface area contributed by atoms with Crippen LogP contribution in [0, 0.1) is 0 Å². The minimum atomic E-state index is 0.0937. The average molecular weight is 314 g/mol. The second kappa shape index (κ2) is 9.42. The molecular formula is C17H28ClNO2. The van der Waals surface area contributed by atoms with Crippen LogP contribution in [-0.4, -0.2) is 39.0 Å². The summed E-state index contributed by atoms with van der Waals surface area (Å²) in [5.74, 6) is 0.348. The zero-order chi connectivity index (χ0) is 15.7. The van der Waals surface area contributed by atoms with Crippen LogP contribution in [0.1, 0.15) is 38.7 Å². The Morgan fingerprint density at radius 2 is 1.86 bits per heavy atom. The van der Waals surface area contributed by atoms with E-state index in [4.69, 9.17) is 21.1 Å². The molecule has 1 aromatic carbocycles. The number of ether oxygens (including phenoxy) is 2. The lowest BCUT2D eigenvalue weighted by molar-refractivity contribution is 0.0667. The molecule has 0 aliphatic heterocycles. The van der Waals surface area contributed by atoms with Gasteiger partial charge in [-0.05, 0) is 38.8 Å². The van der Waals surface area contributed by atoms with Crippen LogP contribution in [-0.2, 0) is 9.47 Å².